The predicted molar refractivity (Wildman–Crippen MR) is 147 cm³/mol. The van der Waals surface area contributed by atoms with Crippen LogP contribution in [0.25, 0.3) is 16.9 Å². The number of halogens is 3. The Morgan fingerprint density at radius 3 is 2.39 bits per heavy atom. The van der Waals surface area contributed by atoms with Crippen LogP contribution in [0.2, 0.25) is 0 Å². The summed E-state index contributed by atoms with van der Waals surface area (Å²) in [4.78, 5) is 27.9. The number of nitrogens with zero attached hydrogens (tertiary/aromatic N) is 5. The van der Waals surface area contributed by atoms with E-state index in [0.29, 0.717) is 18.7 Å². The van der Waals surface area contributed by atoms with Crippen molar-refractivity contribution in [3.05, 3.63) is 65.9 Å². The van der Waals surface area contributed by atoms with Gasteiger partial charge in [-0.05, 0) is 42.5 Å². The Balaban J connectivity index is 1.32. The van der Waals surface area contributed by atoms with Crippen molar-refractivity contribution >= 4 is 22.1 Å². The lowest BCUT2D eigenvalue weighted by molar-refractivity contribution is -0.178. The minimum atomic E-state index is -4.70. The zero-order valence-corrected chi connectivity index (χ0v) is 24.6. The molecule has 1 aromatic heterocycles. The summed E-state index contributed by atoms with van der Waals surface area (Å²) < 4.78 is 78.6. The molecule has 4 rings (SSSR count). The summed E-state index contributed by atoms with van der Waals surface area (Å²) in [6, 6.07) is 12.6. The third-order valence-electron chi connectivity index (χ3n) is 6.29. The number of esters is 1. The summed E-state index contributed by atoms with van der Waals surface area (Å²) >= 11 is 0. The molecule has 1 unspecified atom stereocenters. The van der Waals surface area contributed by atoms with E-state index in [1.165, 1.54) is 24.1 Å². The first-order chi connectivity index (χ1) is 20.7. The maximum atomic E-state index is 13.5. The second-order valence-corrected chi connectivity index (χ2v) is 11.5. The molecule has 236 valence electrons. The highest BCUT2D eigenvalue weighted by Gasteiger charge is 2.35. The molecule has 1 fully saturated rings. The van der Waals surface area contributed by atoms with Gasteiger partial charge < -0.3 is 14.3 Å². The normalized spacial score (nSPS) is 14.6. The molecule has 1 saturated heterocycles. The lowest BCUT2D eigenvalue weighted by Gasteiger charge is -2.34. The standard InChI is InChI=1S/C27H29F3N6O7S/c1-4-25(37)42-18(3)43-34-33-35-14-19(15-35)16-41-26(38)32-44(39,40)22-11-9-21(10-12-22)36-23(13-24(31-36)27(28,29)30)20-7-5-17(2)6-8-20/h5-13,18-19H,4,14-16H2,1-3H3,(H,32,38)/b34-33-. The Kier molecular flexibility index (Phi) is 9.76. The first-order valence-corrected chi connectivity index (χ1v) is 14.8. The number of ether oxygens (including phenoxy) is 2. The Hall–Kier alpha value is -4.67. The quantitative estimate of drug-likeness (QED) is 0.135. The Bertz CT molecular complexity index is 1600. The van der Waals surface area contributed by atoms with Crippen molar-refractivity contribution < 1.29 is 45.5 Å². The highest BCUT2D eigenvalue weighted by molar-refractivity contribution is 7.90. The number of carbonyl (C=O) groups is 2. The van der Waals surface area contributed by atoms with Crippen molar-refractivity contribution in [1.29, 1.82) is 0 Å². The number of sulfonamides is 1. The average Bonchev–Trinajstić information content (AvgIpc) is 3.40. The van der Waals surface area contributed by atoms with Gasteiger partial charge in [0.1, 0.15) is 0 Å². The molecule has 0 aliphatic carbocycles. The van der Waals surface area contributed by atoms with E-state index in [4.69, 9.17) is 14.3 Å². The van der Waals surface area contributed by atoms with Gasteiger partial charge in [0.15, 0.2) is 5.69 Å². The molecule has 0 saturated carbocycles. The molecule has 2 aromatic carbocycles. The van der Waals surface area contributed by atoms with Crippen molar-refractivity contribution in [3.63, 3.8) is 0 Å². The van der Waals surface area contributed by atoms with E-state index >= 15 is 0 Å². The van der Waals surface area contributed by atoms with Gasteiger partial charge in [0.25, 0.3) is 16.3 Å². The maximum Gasteiger partial charge on any atom is 0.435 e. The molecule has 44 heavy (non-hydrogen) atoms. The topological polar surface area (TPSA) is 154 Å². The Morgan fingerprint density at radius 2 is 1.77 bits per heavy atom. The van der Waals surface area contributed by atoms with Crippen LogP contribution >= 0.6 is 0 Å². The summed E-state index contributed by atoms with van der Waals surface area (Å²) in [6.07, 6.45) is -6.61. The number of hydrogen-bond donors (Lipinski definition) is 1. The molecule has 17 heteroatoms. The summed E-state index contributed by atoms with van der Waals surface area (Å²) in [6.45, 7) is 5.57. The van der Waals surface area contributed by atoms with Crippen molar-refractivity contribution in [3.8, 4) is 16.9 Å². The molecule has 1 N–H and O–H groups in total. The van der Waals surface area contributed by atoms with Crippen molar-refractivity contribution in [2.24, 2.45) is 16.4 Å². The van der Waals surface area contributed by atoms with Crippen LogP contribution in [0, 0.1) is 12.8 Å². The number of hydrogen-bond acceptors (Lipinski definition) is 10. The predicted octanol–water partition coefficient (Wildman–Crippen LogP) is 4.81. The third kappa shape index (κ3) is 8.24. The number of amides is 1. The SMILES string of the molecule is CCC(=O)OC(C)O/N=N\N1CC(COC(=O)NS(=O)(=O)c2ccc(-n3nc(C(F)(F)F)cc3-c3ccc(C)cc3)cc2)C1. The minimum Gasteiger partial charge on any atom is -0.448 e. The second kappa shape index (κ2) is 13.3. The summed E-state index contributed by atoms with van der Waals surface area (Å²) in [5, 5.41) is 12.4. The average molecular weight is 639 g/mol. The second-order valence-electron chi connectivity index (χ2n) is 9.81. The van der Waals surface area contributed by atoms with E-state index in [2.05, 4.69) is 15.6 Å². The van der Waals surface area contributed by atoms with Gasteiger partial charge in [-0.15, -0.1) is 0 Å². The first-order valence-electron chi connectivity index (χ1n) is 13.3. The smallest absolute Gasteiger partial charge is 0.435 e. The number of benzene rings is 2. The highest BCUT2D eigenvalue weighted by Crippen LogP contribution is 2.33. The number of alkyl halides is 3. The minimum absolute atomic E-state index is 0.0969. The van der Waals surface area contributed by atoms with Gasteiger partial charge in [-0.3, -0.25) is 9.80 Å². The largest absolute Gasteiger partial charge is 0.448 e. The van der Waals surface area contributed by atoms with Gasteiger partial charge in [-0.1, -0.05) is 36.8 Å². The zero-order valence-electron chi connectivity index (χ0n) is 23.8. The van der Waals surface area contributed by atoms with Crippen LogP contribution in [0.5, 0.6) is 0 Å². The molecular weight excluding hydrogens is 609 g/mol. The van der Waals surface area contributed by atoms with E-state index in [1.54, 1.807) is 35.9 Å². The summed E-state index contributed by atoms with van der Waals surface area (Å²) in [5.74, 6) is -0.591. The fraction of sp³-hybridized carbons (Fsp3) is 0.370. The van der Waals surface area contributed by atoms with Crippen molar-refractivity contribution in [2.45, 2.75) is 44.6 Å². The van der Waals surface area contributed by atoms with Crippen molar-refractivity contribution in [1.82, 2.24) is 19.5 Å². The van der Waals surface area contributed by atoms with Crippen LogP contribution in [0.15, 0.2) is 70.0 Å². The molecule has 1 aliphatic heterocycles. The summed E-state index contributed by atoms with van der Waals surface area (Å²) in [7, 11) is -4.35. The van der Waals surface area contributed by atoms with Crippen LogP contribution in [-0.2, 0) is 35.3 Å². The van der Waals surface area contributed by atoms with E-state index in [9.17, 15) is 31.2 Å². The van der Waals surface area contributed by atoms with E-state index < -0.39 is 40.2 Å². The number of carbonyl (C=O) groups excluding carboxylic acids is 2. The maximum absolute atomic E-state index is 13.5. The molecule has 1 atom stereocenters. The van der Waals surface area contributed by atoms with Gasteiger partial charge in [-0.2, -0.15) is 18.3 Å². The zero-order chi connectivity index (χ0) is 32.1. The summed E-state index contributed by atoms with van der Waals surface area (Å²) in [5.41, 5.74) is 0.623. The van der Waals surface area contributed by atoms with Crippen LogP contribution in [0.1, 0.15) is 31.5 Å². The van der Waals surface area contributed by atoms with Gasteiger partial charge >= 0.3 is 18.2 Å². The van der Waals surface area contributed by atoms with Gasteiger partial charge in [0.05, 0.1) is 22.9 Å². The lowest BCUT2D eigenvalue weighted by atomic mass is 10.0. The van der Waals surface area contributed by atoms with Crippen LogP contribution in [0.3, 0.4) is 0 Å². The molecule has 2 heterocycles. The number of nitrogens with one attached hydrogen (secondary N) is 1. The number of rotatable bonds is 11. The molecule has 0 spiro atoms. The third-order valence-corrected chi connectivity index (χ3v) is 7.62. The fourth-order valence-electron chi connectivity index (χ4n) is 3.95. The van der Waals surface area contributed by atoms with E-state index in [0.717, 1.165) is 28.4 Å². The number of aryl methyl sites for hydroxylation is 1. The van der Waals surface area contributed by atoms with Gasteiger partial charge in [0, 0.05) is 43.2 Å². The lowest BCUT2D eigenvalue weighted by Crippen LogP contribution is -2.46. The van der Waals surface area contributed by atoms with E-state index in [1.807, 2.05) is 6.92 Å². The first kappa shape index (κ1) is 32.2. The molecule has 1 aliphatic rings. The molecule has 1 amide bonds. The van der Waals surface area contributed by atoms with Crippen LogP contribution in [0.4, 0.5) is 18.0 Å². The molecule has 0 bridgehead atoms. The fourth-order valence-corrected chi connectivity index (χ4v) is 4.85. The van der Waals surface area contributed by atoms with Gasteiger partial charge in [-0.25, -0.2) is 22.6 Å². The molecule has 0 radical (unpaired) electrons. The Morgan fingerprint density at radius 1 is 1.11 bits per heavy atom. The van der Waals surface area contributed by atoms with Crippen LogP contribution in [-0.4, -0.2) is 61.3 Å². The van der Waals surface area contributed by atoms with E-state index in [-0.39, 0.29) is 35.2 Å². The number of aromatic nitrogens is 2. The van der Waals surface area contributed by atoms with Crippen LogP contribution < -0.4 is 4.72 Å². The van der Waals surface area contributed by atoms with Crippen molar-refractivity contribution in [2.75, 3.05) is 19.7 Å². The molecular formula is C27H29F3N6O7S. The monoisotopic (exact) mass is 638 g/mol. The van der Waals surface area contributed by atoms with Gasteiger partial charge in [0.2, 0.25) is 0 Å². The Labute approximate surface area is 250 Å². The molecule has 13 nitrogen and oxygen atoms in total. The molecule has 3 aromatic rings. The highest BCUT2D eigenvalue weighted by atomic mass is 32.2.